The quantitative estimate of drug-likeness (QED) is 0.232. The highest BCUT2D eigenvalue weighted by molar-refractivity contribution is 4.76. The van der Waals surface area contributed by atoms with Crippen LogP contribution in [0.4, 0.5) is 0 Å². The molecule has 0 saturated heterocycles. The SMILES string of the molecule is CN(N)C[C@H](O)[C@@H](O)[C@H](O)CCO. The Balaban J connectivity index is 3.85. The third-order valence-electron chi connectivity index (χ3n) is 1.69. The lowest BCUT2D eigenvalue weighted by atomic mass is 10.1. The van der Waals surface area contributed by atoms with Crippen molar-refractivity contribution in [3.05, 3.63) is 0 Å². The third kappa shape index (κ3) is 5.14. The lowest BCUT2D eigenvalue weighted by Gasteiger charge is -2.24. The van der Waals surface area contributed by atoms with E-state index in [0.717, 1.165) is 0 Å². The van der Waals surface area contributed by atoms with Gasteiger partial charge in [-0.1, -0.05) is 0 Å². The monoisotopic (exact) mass is 194 g/mol. The normalized spacial score (nSPS) is 18.7. The van der Waals surface area contributed by atoms with Gasteiger partial charge in [-0.05, 0) is 6.42 Å². The van der Waals surface area contributed by atoms with E-state index in [9.17, 15) is 15.3 Å². The standard InChI is InChI=1S/C7H18N2O4/c1-9(8)4-6(12)7(13)5(11)2-3-10/h5-7,10-13H,2-4,8H2,1H3/t5-,6+,7+/m1/s1. The zero-order valence-electron chi connectivity index (χ0n) is 7.67. The topological polar surface area (TPSA) is 110 Å². The molecule has 6 N–H and O–H groups in total. The van der Waals surface area contributed by atoms with Crippen molar-refractivity contribution in [3.63, 3.8) is 0 Å². The van der Waals surface area contributed by atoms with Gasteiger partial charge < -0.3 is 20.4 Å². The summed E-state index contributed by atoms with van der Waals surface area (Å²) in [6.07, 6.45) is -3.48. The summed E-state index contributed by atoms with van der Waals surface area (Å²) in [6, 6.07) is 0. The summed E-state index contributed by atoms with van der Waals surface area (Å²) in [5.41, 5.74) is 0. The second kappa shape index (κ2) is 6.25. The molecule has 0 aliphatic rings. The van der Waals surface area contributed by atoms with Gasteiger partial charge in [-0.2, -0.15) is 0 Å². The summed E-state index contributed by atoms with van der Waals surface area (Å²) in [5.74, 6) is 5.24. The third-order valence-corrected chi connectivity index (χ3v) is 1.69. The Labute approximate surface area is 77.2 Å². The van der Waals surface area contributed by atoms with Crippen molar-refractivity contribution in [1.82, 2.24) is 5.01 Å². The maximum atomic E-state index is 9.27. The van der Waals surface area contributed by atoms with Crippen molar-refractivity contribution < 1.29 is 20.4 Å². The van der Waals surface area contributed by atoms with Crippen LogP contribution in [0.25, 0.3) is 0 Å². The van der Waals surface area contributed by atoms with Crippen molar-refractivity contribution in [1.29, 1.82) is 0 Å². The Hall–Kier alpha value is -0.240. The van der Waals surface area contributed by atoms with Crippen LogP contribution >= 0.6 is 0 Å². The second-order valence-corrected chi connectivity index (χ2v) is 3.08. The molecule has 0 aromatic heterocycles. The van der Waals surface area contributed by atoms with E-state index in [1.165, 1.54) is 12.1 Å². The smallest absolute Gasteiger partial charge is 0.107 e. The molecule has 0 amide bonds. The number of hydrogen-bond donors (Lipinski definition) is 5. The van der Waals surface area contributed by atoms with E-state index in [1.54, 1.807) is 0 Å². The van der Waals surface area contributed by atoms with Crippen LogP contribution in [-0.2, 0) is 0 Å². The molecule has 0 heterocycles. The number of nitrogens with two attached hydrogens (primary N) is 1. The number of hydrogen-bond acceptors (Lipinski definition) is 6. The predicted octanol–water partition coefficient (Wildman–Crippen LogP) is -2.74. The Morgan fingerprint density at radius 3 is 2.15 bits per heavy atom. The van der Waals surface area contributed by atoms with Crippen LogP contribution in [0.3, 0.4) is 0 Å². The average Bonchev–Trinajstić information content (AvgIpc) is 2.02. The minimum atomic E-state index is -1.28. The summed E-state index contributed by atoms with van der Waals surface area (Å²) in [5, 5.41) is 37.4. The van der Waals surface area contributed by atoms with Crippen molar-refractivity contribution in [3.8, 4) is 0 Å². The highest BCUT2D eigenvalue weighted by Gasteiger charge is 2.24. The van der Waals surface area contributed by atoms with Gasteiger partial charge in [-0.3, -0.25) is 5.84 Å². The molecule has 0 aromatic rings. The molecule has 0 rings (SSSR count). The van der Waals surface area contributed by atoms with E-state index >= 15 is 0 Å². The number of likely N-dealkylation sites (N-methyl/N-ethyl adjacent to an activating group) is 1. The summed E-state index contributed by atoms with van der Waals surface area (Å²) < 4.78 is 0. The second-order valence-electron chi connectivity index (χ2n) is 3.08. The molecule has 0 bridgehead atoms. The Bertz CT molecular complexity index is 134. The molecule has 0 radical (unpaired) electrons. The number of rotatable bonds is 6. The predicted molar refractivity (Wildman–Crippen MR) is 46.5 cm³/mol. The Morgan fingerprint density at radius 2 is 1.77 bits per heavy atom. The summed E-state index contributed by atoms with van der Waals surface area (Å²) >= 11 is 0. The highest BCUT2D eigenvalue weighted by Crippen LogP contribution is 2.04. The van der Waals surface area contributed by atoms with Crippen LogP contribution in [0.1, 0.15) is 6.42 Å². The first-order valence-electron chi connectivity index (χ1n) is 4.10. The molecular formula is C7H18N2O4. The molecule has 0 spiro atoms. The zero-order valence-corrected chi connectivity index (χ0v) is 7.67. The Morgan fingerprint density at radius 1 is 1.23 bits per heavy atom. The molecule has 13 heavy (non-hydrogen) atoms. The van der Waals surface area contributed by atoms with E-state index in [-0.39, 0.29) is 19.6 Å². The van der Waals surface area contributed by atoms with Gasteiger partial charge in [0.1, 0.15) is 6.10 Å². The maximum absolute atomic E-state index is 9.27. The van der Waals surface area contributed by atoms with Crippen LogP contribution in [0.15, 0.2) is 0 Å². The van der Waals surface area contributed by atoms with Gasteiger partial charge in [0.25, 0.3) is 0 Å². The van der Waals surface area contributed by atoms with Gasteiger partial charge in [0, 0.05) is 20.2 Å². The largest absolute Gasteiger partial charge is 0.396 e. The van der Waals surface area contributed by atoms with Crippen molar-refractivity contribution in [2.75, 3.05) is 20.2 Å². The highest BCUT2D eigenvalue weighted by atomic mass is 16.4. The van der Waals surface area contributed by atoms with Crippen LogP contribution < -0.4 is 5.84 Å². The van der Waals surface area contributed by atoms with Crippen molar-refractivity contribution >= 4 is 0 Å². The fourth-order valence-corrected chi connectivity index (χ4v) is 0.963. The van der Waals surface area contributed by atoms with Gasteiger partial charge in [0.05, 0.1) is 12.2 Å². The lowest BCUT2D eigenvalue weighted by Crippen LogP contribution is -2.45. The van der Waals surface area contributed by atoms with Crippen LogP contribution in [0.5, 0.6) is 0 Å². The molecular weight excluding hydrogens is 176 g/mol. The molecule has 0 aliphatic carbocycles. The first kappa shape index (κ1) is 12.8. The first-order chi connectivity index (χ1) is 5.99. The first-order valence-corrected chi connectivity index (χ1v) is 4.10. The van der Waals surface area contributed by atoms with Crippen LogP contribution in [0, 0.1) is 0 Å². The van der Waals surface area contributed by atoms with Crippen molar-refractivity contribution in [2.24, 2.45) is 5.84 Å². The molecule has 80 valence electrons. The van der Waals surface area contributed by atoms with E-state index in [2.05, 4.69) is 0 Å². The van der Waals surface area contributed by atoms with Gasteiger partial charge in [0.15, 0.2) is 0 Å². The van der Waals surface area contributed by atoms with E-state index in [4.69, 9.17) is 10.9 Å². The van der Waals surface area contributed by atoms with Crippen LogP contribution in [-0.4, -0.2) is 63.9 Å². The number of hydrazine groups is 1. The average molecular weight is 194 g/mol. The molecule has 6 heteroatoms. The molecule has 3 atom stereocenters. The minimum Gasteiger partial charge on any atom is -0.396 e. The Kier molecular flexibility index (Phi) is 6.13. The maximum Gasteiger partial charge on any atom is 0.107 e. The van der Waals surface area contributed by atoms with E-state index in [0.29, 0.717) is 0 Å². The minimum absolute atomic E-state index is 0.0342. The molecule has 0 saturated carbocycles. The summed E-state index contributed by atoms with van der Waals surface area (Å²) in [4.78, 5) is 0. The molecule has 6 nitrogen and oxygen atoms in total. The number of aliphatic hydroxyl groups is 4. The van der Waals surface area contributed by atoms with Gasteiger partial charge >= 0.3 is 0 Å². The van der Waals surface area contributed by atoms with Crippen molar-refractivity contribution in [2.45, 2.75) is 24.7 Å². The fraction of sp³-hybridized carbons (Fsp3) is 1.00. The molecule has 0 aliphatic heterocycles. The van der Waals surface area contributed by atoms with Gasteiger partial charge in [0.2, 0.25) is 0 Å². The molecule has 0 fully saturated rings. The molecule has 0 aromatic carbocycles. The van der Waals surface area contributed by atoms with E-state index < -0.39 is 18.3 Å². The zero-order chi connectivity index (χ0) is 10.4. The fourth-order valence-electron chi connectivity index (χ4n) is 0.963. The van der Waals surface area contributed by atoms with Crippen LogP contribution in [0.2, 0.25) is 0 Å². The van der Waals surface area contributed by atoms with Gasteiger partial charge in [-0.25, -0.2) is 5.01 Å². The summed E-state index contributed by atoms with van der Waals surface area (Å²) in [7, 11) is 1.54. The molecule has 0 unspecified atom stereocenters. The van der Waals surface area contributed by atoms with E-state index in [1.807, 2.05) is 0 Å². The summed E-state index contributed by atoms with van der Waals surface area (Å²) in [6.45, 7) is -0.174. The lowest BCUT2D eigenvalue weighted by molar-refractivity contribution is -0.0730. The van der Waals surface area contributed by atoms with Gasteiger partial charge in [-0.15, -0.1) is 0 Å². The number of aliphatic hydroxyl groups excluding tert-OH is 4. The number of nitrogens with zero attached hydrogens (tertiary/aromatic N) is 1.